The molecule has 7 aromatic rings. The summed E-state index contributed by atoms with van der Waals surface area (Å²) in [5, 5.41) is 16.7. The van der Waals surface area contributed by atoms with E-state index in [9.17, 15) is 13.5 Å². The molecule has 0 saturated carbocycles. The standard InChI is InChI=1S/C44H43N3O5S/c1-44(48,36-18-20-37(21-19-36)47(53(2,49)50)31-34-14-8-4-9-15-34)45-26-27-51-39-22-24-40-41-28-38(52-32-35-16-10-5-11-17-35)23-25-42(41)46(43(40)29-39)30-33-12-6-3-7-13-33/h3-25,28-29,45,48H,26-27,30-32H2,1-2H3/t44-/m1/s1. The number of sulfonamides is 1. The summed E-state index contributed by atoms with van der Waals surface area (Å²) in [6, 6.07) is 49.3. The summed E-state index contributed by atoms with van der Waals surface area (Å²) in [7, 11) is -3.53. The second-order valence-electron chi connectivity index (χ2n) is 13.4. The minimum Gasteiger partial charge on any atom is -0.492 e. The molecule has 0 spiro atoms. The number of ether oxygens (including phenoxy) is 2. The van der Waals surface area contributed by atoms with E-state index in [1.807, 2.05) is 66.7 Å². The summed E-state index contributed by atoms with van der Waals surface area (Å²) in [6.45, 7) is 3.77. The number of aliphatic hydroxyl groups is 1. The summed E-state index contributed by atoms with van der Waals surface area (Å²) in [4.78, 5) is 0. The molecule has 7 rings (SSSR count). The van der Waals surface area contributed by atoms with Crippen molar-refractivity contribution in [3.8, 4) is 11.5 Å². The highest BCUT2D eigenvalue weighted by molar-refractivity contribution is 7.92. The highest BCUT2D eigenvalue weighted by Gasteiger charge is 2.24. The second-order valence-corrected chi connectivity index (χ2v) is 15.3. The zero-order valence-electron chi connectivity index (χ0n) is 29.9. The minimum atomic E-state index is -3.53. The average Bonchev–Trinajstić information content (AvgIpc) is 3.47. The van der Waals surface area contributed by atoms with E-state index < -0.39 is 15.7 Å². The van der Waals surface area contributed by atoms with Gasteiger partial charge >= 0.3 is 0 Å². The monoisotopic (exact) mass is 725 g/mol. The van der Waals surface area contributed by atoms with Crippen LogP contribution in [0.15, 0.2) is 152 Å². The van der Waals surface area contributed by atoms with Crippen molar-refractivity contribution in [3.63, 3.8) is 0 Å². The number of nitrogens with zero attached hydrogens (tertiary/aromatic N) is 2. The molecule has 6 aromatic carbocycles. The van der Waals surface area contributed by atoms with Crippen LogP contribution in [-0.2, 0) is 35.4 Å². The predicted octanol–water partition coefficient (Wildman–Crippen LogP) is 8.22. The number of hydrogen-bond donors (Lipinski definition) is 2. The lowest BCUT2D eigenvalue weighted by Crippen LogP contribution is -2.41. The van der Waals surface area contributed by atoms with Gasteiger partial charge in [-0.05, 0) is 71.6 Å². The zero-order valence-corrected chi connectivity index (χ0v) is 30.7. The molecule has 1 aromatic heterocycles. The maximum atomic E-state index is 12.7. The van der Waals surface area contributed by atoms with Crippen molar-refractivity contribution < 1.29 is 23.0 Å². The maximum absolute atomic E-state index is 12.7. The largest absolute Gasteiger partial charge is 0.492 e. The molecule has 2 N–H and O–H groups in total. The Morgan fingerprint density at radius 2 is 1.28 bits per heavy atom. The van der Waals surface area contributed by atoms with Gasteiger partial charge in [0.2, 0.25) is 10.0 Å². The Kier molecular flexibility index (Phi) is 10.5. The van der Waals surface area contributed by atoms with Gasteiger partial charge in [0.25, 0.3) is 0 Å². The lowest BCUT2D eigenvalue weighted by Gasteiger charge is -2.27. The fraction of sp³-hybridized carbons (Fsp3) is 0.182. The molecule has 0 aliphatic carbocycles. The van der Waals surface area contributed by atoms with Gasteiger partial charge in [0, 0.05) is 35.4 Å². The number of aromatic nitrogens is 1. The molecule has 0 fully saturated rings. The summed E-state index contributed by atoms with van der Waals surface area (Å²) in [6.07, 6.45) is 1.20. The number of fused-ring (bicyclic) bond motifs is 3. The highest BCUT2D eigenvalue weighted by atomic mass is 32.2. The topological polar surface area (TPSA) is 93.0 Å². The quantitative estimate of drug-likeness (QED) is 0.0818. The van der Waals surface area contributed by atoms with E-state index in [1.54, 1.807) is 31.2 Å². The van der Waals surface area contributed by atoms with Crippen molar-refractivity contribution in [3.05, 3.63) is 174 Å². The first-order valence-corrected chi connectivity index (χ1v) is 19.5. The number of hydrogen-bond acceptors (Lipinski definition) is 6. The SMILES string of the molecule is C[C@](O)(NCCOc1ccc2c3cc(OCc4ccccc4)ccc3n(Cc3ccccc3)c2c1)c1ccc(N(Cc2ccccc2)S(C)(=O)=O)cc1. The van der Waals surface area contributed by atoms with Crippen molar-refractivity contribution in [1.29, 1.82) is 0 Å². The molecular weight excluding hydrogens is 683 g/mol. The summed E-state index contributed by atoms with van der Waals surface area (Å²) in [5.41, 5.74) is 5.11. The molecule has 0 radical (unpaired) electrons. The Labute approximate surface area is 310 Å². The first-order valence-electron chi connectivity index (χ1n) is 17.6. The molecule has 9 heteroatoms. The van der Waals surface area contributed by atoms with Crippen LogP contribution in [0.4, 0.5) is 5.69 Å². The van der Waals surface area contributed by atoms with Crippen molar-refractivity contribution in [1.82, 2.24) is 9.88 Å². The highest BCUT2D eigenvalue weighted by Crippen LogP contribution is 2.35. The van der Waals surface area contributed by atoms with Crippen LogP contribution in [-0.4, -0.2) is 37.5 Å². The molecule has 270 valence electrons. The van der Waals surface area contributed by atoms with E-state index in [-0.39, 0.29) is 6.54 Å². The molecule has 1 atom stereocenters. The van der Waals surface area contributed by atoms with Gasteiger partial charge < -0.3 is 19.1 Å². The summed E-state index contributed by atoms with van der Waals surface area (Å²) >= 11 is 0. The van der Waals surface area contributed by atoms with Crippen LogP contribution in [0.25, 0.3) is 21.8 Å². The van der Waals surface area contributed by atoms with E-state index in [1.165, 1.54) is 16.1 Å². The van der Waals surface area contributed by atoms with Crippen LogP contribution in [0.1, 0.15) is 29.2 Å². The number of nitrogens with one attached hydrogen (secondary N) is 1. The van der Waals surface area contributed by atoms with Gasteiger partial charge in [-0.25, -0.2) is 8.42 Å². The van der Waals surface area contributed by atoms with Crippen LogP contribution in [0.5, 0.6) is 11.5 Å². The fourth-order valence-electron chi connectivity index (χ4n) is 6.58. The maximum Gasteiger partial charge on any atom is 0.232 e. The molecular formula is C44H43N3O5S. The first-order chi connectivity index (χ1) is 25.6. The lowest BCUT2D eigenvalue weighted by atomic mass is 10.0. The fourth-order valence-corrected chi connectivity index (χ4v) is 7.47. The van der Waals surface area contributed by atoms with Gasteiger partial charge in [-0.15, -0.1) is 0 Å². The van der Waals surface area contributed by atoms with Crippen LogP contribution in [0.3, 0.4) is 0 Å². The molecule has 0 saturated heterocycles. The van der Waals surface area contributed by atoms with Gasteiger partial charge in [0.15, 0.2) is 0 Å². The van der Waals surface area contributed by atoms with Crippen LogP contribution >= 0.6 is 0 Å². The van der Waals surface area contributed by atoms with Crippen LogP contribution < -0.4 is 19.1 Å². The Morgan fingerprint density at radius 1 is 0.679 bits per heavy atom. The Morgan fingerprint density at radius 3 is 1.94 bits per heavy atom. The zero-order chi connectivity index (χ0) is 36.8. The van der Waals surface area contributed by atoms with Gasteiger partial charge in [0.05, 0.1) is 24.0 Å². The van der Waals surface area contributed by atoms with Crippen molar-refractivity contribution in [2.75, 3.05) is 23.7 Å². The third-order valence-corrected chi connectivity index (χ3v) is 10.5. The Bertz CT molecular complexity index is 2400. The van der Waals surface area contributed by atoms with Gasteiger partial charge in [-0.2, -0.15) is 0 Å². The number of benzene rings is 6. The van der Waals surface area contributed by atoms with Crippen LogP contribution in [0.2, 0.25) is 0 Å². The molecule has 0 bridgehead atoms. The smallest absolute Gasteiger partial charge is 0.232 e. The summed E-state index contributed by atoms with van der Waals surface area (Å²) < 4.78 is 41.4. The van der Waals surface area contributed by atoms with Crippen LogP contribution in [0, 0.1) is 0 Å². The van der Waals surface area contributed by atoms with Gasteiger partial charge in [0.1, 0.15) is 30.4 Å². The Hall–Kier alpha value is -5.61. The average molecular weight is 726 g/mol. The van der Waals surface area contributed by atoms with E-state index in [2.05, 4.69) is 70.5 Å². The Balaban J connectivity index is 1.04. The van der Waals surface area contributed by atoms with Crippen molar-refractivity contribution in [2.45, 2.75) is 32.3 Å². The van der Waals surface area contributed by atoms with Gasteiger partial charge in [-0.3, -0.25) is 9.62 Å². The van der Waals surface area contributed by atoms with E-state index in [0.717, 1.165) is 44.4 Å². The van der Waals surface area contributed by atoms with E-state index >= 15 is 0 Å². The van der Waals surface area contributed by atoms with Crippen molar-refractivity contribution >= 4 is 37.5 Å². The summed E-state index contributed by atoms with van der Waals surface area (Å²) in [5.74, 6) is 1.54. The van der Waals surface area contributed by atoms with Gasteiger partial charge in [-0.1, -0.05) is 103 Å². The number of rotatable bonds is 15. The first kappa shape index (κ1) is 35.8. The van der Waals surface area contributed by atoms with E-state index in [0.29, 0.717) is 37.6 Å². The minimum absolute atomic E-state index is 0.216. The molecule has 0 aliphatic rings. The third-order valence-electron chi connectivity index (χ3n) is 9.37. The normalized spacial score (nSPS) is 12.8. The molecule has 0 amide bonds. The lowest BCUT2D eigenvalue weighted by molar-refractivity contribution is 0.0169. The molecule has 8 nitrogen and oxygen atoms in total. The number of anilines is 1. The molecule has 0 aliphatic heterocycles. The van der Waals surface area contributed by atoms with E-state index in [4.69, 9.17) is 9.47 Å². The molecule has 53 heavy (non-hydrogen) atoms. The molecule has 1 heterocycles. The molecule has 0 unspecified atom stereocenters. The second kappa shape index (κ2) is 15.6. The third kappa shape index (κ3) is 8.55. The predicted molar refractivity (Wildman–Crippen MR) is 213 cm³/mol. The van der Waals surface area contributed by atoms with Crippen molar-refractivity contribution in [2.24, 2.45) is 0 Å².